The third kappa shape index (κ3) is 1.26. The fourth-order valence-electron chi connectivity index (χ4n) is 1.03. The maximum Gasteiger partial charge on any atom is 0.0981 e. The molecule has 0 saturated heterocycles. The minimum Gasteiger partial charge on any atom is -0.387 e. The van der Waals surface area contributed by atoms with E-state index in [1.54, 1.807) is 0 Å². The summed E-state index contributed by atoms with van der Waals surface area (Å²) in [5.41, 5.74) is 5.34. The number of amidine groups is 1. The number of hydrogen-bond acceptors (Lipinski definition) is 1. The number of allylic oxidation sites excluding steroid dienone is 3. The van der Waals surface area contributed by atoms with Crippen molar-refractivity contribution in [3.05, 3.63) is 24.3 Å². The van der Waals surface area contributed by atoms with Gasteiger partial charge in [-0.3, -0.25) is 5.41 Å². The average Bonchev–Trinajstić information content (AvgIpc) is 1.88. The molecule has 2 heteroatoms. The number of nitrogens with one attached hydrogen (secondary N) is 1. The second-order valence-electron chi connectivity index (χ2n) is 2.49. The molecular formula is C8H11N2. The molecule has 0 bridgehead atoms. The zero-order chi connectivity index (χ0) is 7.56. The molecule has 0 fully saturated rings. The van der Waals surface area contributed by atoms with Crippen molar-refractivity contribution in [2.75, 3.05) is 0 Å². The molecule has 1 radical (unpaired) electrons. The van der Waals surface area contributed by atoms with Crippen LogP contribution in [0.15, 0.2) is 18.2 Å². The van der Waals surface area contributed by atoms with Crippen molar-refractivity contribution in [1.82, 2.24) is 0 Å². The zero-order valence-electron chi connectivity index (χ0n) is 5.96. The molecule has 2 nitrogen and oxygen atoms in total. The van der Waals surface area contributed by atoms with Crippen molar-refractivity contribution in [2.45, 2.75) is 6.92 Å². The fourth-order valence-corrected chi connectivity index (χ4v) is 1.03. The summed E-state index contributed by atoms with van der Waals surface area (Å²) in [5.74, 6) is 0.539. The largest absolute Gasteiger partial charge is 0.387 e. The lowest BCUT2D eigenvalue weighted by Gasteiger charge is -2.17. The summed E-state index contributed by atoms with van der Waals surface area (Å²) >= 11 is 0. The van der Waals surface area contributed by atoms with E-state index in [9.17, 15) is 0 Å². The Balaban J connectivity index is 2.70. The Hall–Kier alpha value is -1.05. The highest BCUT2D eigenvalue weighted by Crippen LogP contribution is 2.17. The van der Waals surface area contributed by atoms with Gasteiger partial charge in [0.1, 0.15) is 0 Å². The van der Waals surface area contributed by atoms with Crippen LogP contribution in [0.1, 0.15) is 6.92 Å². The van der Waals surface area contributed by atoms with Gasteiger partial charge in [0.25, 0.3) is 0 Å². The topological polar surface area (TPSA) is 49.9 Å². The standard InChI is InChI=1S/C8H11N2/c1-6-4-2-3-5-7(6)8(9)10/h2-3,5-7H,1H3,(H3,9,10). The summed E-state index contributed by atoms with van der Waals surface area (Å²) in [4.78, 5) is 0. The molecule has 0 aromatic heterocycles. The van der Waals surface area contributed by atoms with E-state index < -0.39 is 0 Å². The zero-order valence-corrected chi connectivity index (χ0v) is 5.96. The second kappa shape index (κ2) is 2.69. The molecule has 0 amide bonds. The van der Waals surface area contributed by atoms with Gasteiger partial charge >= 0.3 is 0 Å². The lowest BCUT2D eigenvalue weighted by atomic mass is 9.89. The van der Waals surface area contributed by atoms with Crippen LogP contribution in [0.5, 0.6) is 0 Å². The monoisotopic (exact) mass is 135 g/mol. The maximum atomic E-state index is 7.19. The maximum absolute atomic E-state index is 7.19. The molecule has 1 aliphatic rings. The van der Waals surface area contributed by atoms with Crippen LogP contribution >= 0.6 is 0 Å². The molecule has 3 N–H and O–H groups in total. The normalized spacial score (nSPS) is 30.5. The molecule has 0 heterocycles. The van der Waals surface area contributed by atoms with Crippen LogP contribution in [0.3, 0.4) is 0 Å². The molecular weight excluding hydrogens is 124 g/mol. The summed E-state index contributed by atoms with van der Waals surface area (Å²) in [6.07, 6.45) is 8.76. The molecule has 1 aliphatic carbocycles. The van der Waals surface area contributed by atoms with Crippen molar-refractivity contribution < 1.29 is 0 Å². The van der Waals surface area contributed by atoms with Crippen LogP contribution in [-0.4, -0.2) is 5.84 Å². The van der Waals surface area contributed by atoms with E-state index in [0.717, 1.165) is 0 Å². The van der Waals surface area contributed by atoms with Gasteiger partial charge < -0.3 is 5.73 Å². The molecule has 2 atom stereocenters. The third-order valence-corrected chi connectivity index (χ3v) is 1.67. The molecule has 0 aliphatic heterocycles. The summed E-state index contributed by atoms with van der Waals surface area (Å²) in [7, 11) is 0. The van der Waals surface area contributed by atoms with Gasteiger partial charge in [-0.2, -0.15) is 0 Å². The van der Waals surface area contributed by atoms with Gasteiger partial charge in [-0.05, 0) is 12.0 Å². The van der Waals surface area contributed by atoms with Crippen LogP contribution in [0, 0.1) is 23.3 Å². The van der Waals surface area contributed by atoms with Crippen molar-refractivity contribution in [1.29, 1.82) is 5.41 Å². The Labute approximate surface area is 60.9 Å². The number of hydrogen-bond donors (Lipinski definition) is 2. The van der Waals surface area contributed by atoms with E-state index >= 15 is 0 Å². The Morgan fingerprint density at radius 1 is 1.70 bits per heavy atom. The van der Waals surface area contributed by atoms with Crippen LogP contribution < -0.4 is 5.73 Å². The van der Waals surface area contributed by atoms with Crippen molar-refractivity contribution in [3.8, 4) is 0 Å². The molecule has 10 heavy (non-hydrogen) atoms. The van der Waals surface area contributed by atoms with Gasteiger partial charge in [-0.15, -0.1) is 0 Å². The van der Waals surface area contributed by atoms with Crippen LogP contribution in [0.4, 0.5) is 0 Å². The molecule has 53 valence electrons. The summed E-state index contributed by atoms with van der Waals surface area (Å²) < 4.78 is 0. The summed E-state index contributed by atoms with van der Waals surface area (Å²) in [5, 5.41) is 7.19. The number of nitrogens with two attached hydrogens (primary N) is 1. The SMILES string of the molecule is CC1[C]=CC=CC1C(=N)N. The van der Waals surface area contributed by atoms with Gasteiger partial charge in [0.15, 0.2) is 0 Å². The number of rotatable bonds is 1. The van der Waals surface area contributed by atoms with E-state index in [0.29, 0.717) is 0 Å². The molecule has 0 spiro atoms. The van der Waals surface area contributed by atoms with Gasteiger partial charge in [-0.25, -0.2) is 0 Å². The van der Waals surface area contributed by atoms with Crippen molar-refractivity contribution in [2.24, 2.45) is 17.6 Å². The molecule has 1 rings (SSSR count). The smallest absolute Gasteiger partial charge is 0.0981 e. The molecule has 2 unspecified atom stereocenters. The first-order chi connectivity index (χ1) is 4.72. The summed E-state index contributed by atoms with van der Waals surface area (Å²) in [6, 6.07) is 0. The predicted octanol–water partition coefficient (Wildman–Crippen LogP) is 1.10. The lowest BCUT2D eigenvalue weighted by molar-refractivity contribution is 0.612. The quantitative estimate of drug-likeness (QED) is 0.410. The van der Waals surface area contributed by atoms with E-state index in [1.807, 2.05) is 25.2 Å². The first kappa shape index (κ1) is 7.06. The van der Waals surface area contributed by atoms with E-state index in [2.05, 4.69) is 6.08 Å². The summed E-state index contributed by atoms with van der Waals surface area (Å²) in [6.45, 7) is 2.01. The Kier molecular flexibility index (Phi) is 1.90. The predicted molar refractivity (Wildman–Crippen MR) is 41.5 cm³/mol. The highest BCUT2D eigenvalue weighted by Gasteiger charge is 2.16. The molecule has 0 aromatic rings. The van der Waals surface area contributed by atoms with E-state index in [1.165, 1.54) is 0 Å². The highest BCUT2D eigenvalue weighted by atomic mass is 14.7. The van der Waals surface area contributed by atoms with E-state index in [-0.39, 0.29) is 17.7 Å². The van der Waals surface area contributed by atoms with Gasteiger partial charge in [0, 0.05) is 5.92 Å². The van der Waals surface area contributed by atoms with Crippen LogP contribution in [-0.2, 0) is 0 Å². The fraction of sp³-hybridized carbons (Fsp3) is 0.375. The molecule has 0 saturated carbocycles. The van der Waals surface area contributed by atoms with E-state index in [4.69, 9.17) is 11.1 Å². The van der Waals surface area contributed by atoms with Crippen molar-refractivity contribution >= 4 is 5.84 Å². The van der Waals surface area contributed by atoms with Gasteiger partial charge in [0.05, 0.1) is 5.84 Å². The van der Waals surface area contributed by atoms with Crippen LogP contribution in [0.25, 0.3) is 0 Å². The first-order valence-electron chi connectivity index (χ1n) is 3.32. The van der Waals surface area contributed by atoms with Gasteiger partial charge in [0.2, 0.25) is 0 Å². The first-order valence-corrected chi connectivity index (χ1v) is 3.32. The molecule has 0 aromatic carbocycles. The Morgan fingerprint density at radius 3 is 2.80 bits per heavy atom. The third-order valence-electron chi connectivity index (χ3n) is 1.67. The highest BCUT2D eigenvalue weighted by molar-refractivity contribution is 5.82. The lowest BCUT2D eigenvalue weighted by Crippen LogP contribution is -2.26. The Morgan fingerprint density at radius 2 is 2.40 bits per heavy atom. The second-order valence-corrected chi connectivity index (χ2v) is 2.49. The average molecular weight is 135 g/mol. The van der Waals surface area contributed by atoms with Crippen molar-refractivity contribution in [3.63, 3.8) is 0 Å². The van der Waals surface area contributed by atoms with Crippen LogP contribution in [0.2, 0.25) is 0 Å². The minimum absolute atomic E-state index is 0.0602. The Bertz CT molecular complexity index is 191. The van der Waals surface area contributed by atoms with Gasteiger partial charge in [-0.1, -0.05) is 25.2 Å². The minimum atomic E-state index is 0.0602.